The molecule has 2 heterocycles. The fraction of sp³-hybridized carbons (Fsp3) is 0.467. The average Bonchev–Trinajstić information content (AvgIpc) is 3.24. The van der Waals surface area contributed by atoms with E-state index in [-0.39, 0.29) is 18.0 Å². The van der Waals surface area contributed by atoms with E-state index in [1.165, 1.54) is 31.0 Å². The maximum Gasteiger partial charge on any atom is 0.150 e. The lowest BCUT2D eigenvalue weighted by Gasteiger charge is -2.25. The molecule has 4 nitrogen and oxygen atoms in total. The van der Waals surface area contributed by atoms with Crippen molar-refractivity contribution in [1.29, 1.82) is 0 Å². The van der Waals surface area contributed by atoms with Crippen molar-refractivity contribution in [3.63, 3.8) is 0 Å². The summed E-state index contributed by atoms with van der Waals surface area (Å²) in [5, 5.41) is 11.9. The summed E-state index contributed by atoms with van der Waals surface area (Å²) in [6.45, 7) is 1.59. The van der Waals surface area contributed by atoms with Crippen LogP contribution in [0.15, 0.2) is 18.2 Å². The summed E-state index contributed by atoms with van der Waals surface area (Å²) in [5.74, 6) is 1.13. The van der Waals surface area contributed by atoms with Crippen LogP contribution >= 0.6 is 0 Å². The lowest BCUT2D eigenvalue weighted by Crippen LogP contribution is -2.35. The molecule has 2 aliphatic rings. The van der Waals surface area contributed by atoms with Crippen molar-refractivity contribution in [2.75, 3.05) is 6.54 Å². The lowest BCUT2D eigenvalue weighted by molar-refractivity contribution is 0.377. The Labute approximate surface area is 121 Å². The first-order valence-electron chi connectivity index (χ1n) is 7.32. The molecule has 1 aromatic heterocycles. The van der Waals surface area contributed by atoms with E-state index in [1.54, 1.807) is 0 Å². The van der Waals surface area contributed by atoms with Crippen LogP contribution in [0, 0.1) is 17.6 Å². The molecule has 0 amide bonds. The Hall–Kier alpha value is -1.82. The third-order valence-electron chi connectivity index (χ3n) is 4.32. The van der Waals surface area contributed by atoms with E-state index in [9.17, 15) is 8.78 Å². The molecule has 6 heteroatoms. The van der Waals surface area contributed by atoms with Gasteiger partial charge in [0.1, 0.15) is 17.5 Å². The minimum absolute atomic E-state index is 0.0641. The number of hydrogen-bond donors (Lipinski definition) is 1. The largest absolute Gasteiger partial charge is 0.312 e. The number of rotatable bonds is 3. The van der Waals surface area contributed by atoms with Gasteiger partial charge in [0.2, 0.25) is 0 Å². The Balaban J connectivity index is 1.67. The highest BCUT2D eigenvalue weighted by Crippen LogP contribution is 2.41. The molecule has 1 N–H and O–H groups in total. The van der Waals surface area contributed by atoms with Gasteiger partial charge in [0.25, 0.3) is 0 Å². The number of nitrogens with zero attached hydrogens (tertiary/aromatic N) is 3. The summed E-state index contributed by atoms with van der Waals surface area (Å²) in [6, 6.07) is 4.17. The van der Waals surface area contributed by atoms with Gasteiger partial charge in [-0.3, -0.25) is 0 Å². The Kier molecular flexibility index (Phi) is 2.99. The van der Waals surface area contributed by atoms with Crippen molar-refractivity contribution in [2.45, 2.75) is 31.8 Å². The normalized spacial score (nSPS) is 21.3. The zero-order chi connectivity index (χ0) is 14.4. The maximum atomic E-state index is 13.8. The summed E-state index contributed by atoms with van der Waals surface area (Å²) in [6.07, 6.45) is 2.56. The Morgan fingerprint density at radius 3 is 2.67 bits per heavy atom. The van der Waals surface area contributed by atoms with Crippen LogP contribution in [0.3, 0.4) is 0 Å². The average molecular weight is 290 g/mol. The smallest absolute Gasteiger partial charge is 0.150 e. The van der Waals surface area contributed by atoms with Crippen molar-refractivity contribution in [3.05, 3.63) is 47.0 Å². The number of hydrogen-bond acceptors (Lipinski definition) is 3. The van der Waals surface area contributed by atoms with E-state index in [0.717, 1.165) is 18.9 Å². The fourth-order valence-corrected chi connectivity index (χ4v) is 3.04. The monoisotopic (exact) mass is 290 g/mol. The van der Waals surface area contributed by atoms with Crippen LogP contribution in [0.2, 0.25) is 0 Å². The number of benzene rings is 1. The van der Waals surface area contributed by atoms with Gasteiger partial charge in [0.15, 0.2) is 5.82 Å². The van der Waals surface area contributed by atoms with Crippen LogP contribution in [-0.2, 0) is 13.0 Å². The molecule has 1 aromatic carbocycles. The summed E-state index contributed by atoms with van der Waals surface area (Å²) in [7, 11) is 0. The molecule has 110 valence electrons. The van der Waals surface area contributed by atoms with Gasteiger partial charge in [0, 0.05) is 25.1 Å². The van der Waals surface area contributed by atoms with Crippen molar-refractivity contribution < 1.29 is 8.78 Å². The van der Waals surface area contributed by atoms with Gasteiger partial charge in [-0.25, -0.2) is 8.78 Å². The first-order chi connectivity index (χ1) is 10.2. The Morgan fingerprint density at radius 1 is 1.19 bits per heavy atom. The molecule has 1 unspecified atom stereocenters. The van der Waals surface area contributed by atoms with Crippen molar-refractivity contribution in [1.82, 2.24) is 20.1 Å². The molecule has 0 spiro atoms. The summed E-state index contributed by atoms with van der Waals surface area (Å²) >= 11 is 0. The van der Waals surface area contributed by atoms with Crippen molar-refractivity contribution in [3.8, 4) is 0 Å². The Morgan fingerprint density at radius 2 is 1.95 bits per heavy atom. The second-order valence-electron chi connectivity index (χ2n) is 5.77. The second kappa shape index (κ2) is 4.87. The molecule has 0 saturated heterocycles. The minimum atomic E-state index is -0.528. The van der Waals surface area contributed by atoms with Crippen LogP contribution in [-0.4, -0.2) is 21.3 Å². The zero-order valence-corrected chi connectivity index (χ0v) is 11.5. The molecule has 1 aliphatic carbocycles. The van der Waals surface area contributed by atoms with Gasteiger partial charge in [-0.05, 0) is 30.9 Å². The molecule has 21 heavy (non-hydrogen) atoms. The number of aromatic nitrogens is 3. The predicted molar refractivity (Wildman–Crippen MR) is 72.7 cm³/mol. The summed E-state index contributed by atoms with van der Waals surface area (Å²) in [4.78, 5) is 0. The molecule has 4 rings (SSSR count). The van der Waals surface area contributed by atoms with E-state index in [0.29, 0.717) is 11.7 Å². The molecule has 1 fully saturated rings. The van der Waals surface area contributed by atoms with Crippen LogP contribution < -0.4 is 5.32 Å². The third kappa shape index (κ3) is 2.23. The molecular formula is C15H16F2N4. The second-order valence-corrected chi connectivity index (χ2v) is 5.77. The van der Waals surface area contributed by atoms with E-state index in [1.807, 2.05) is 4.57 Å². The van der Waals surface area contributed by atoms with E-state index >= 15 is 0 Å². The van der Waals surface area contributed by atoms with Crippen LogP contribution in [0.25, 0.3) is 0 Å². The first-order valence-corrected chi connectivity index (χ1v) is 7.32. The van der Waals surface area contributed by atoms with E-state index in [4.69, 9.17) is 0 Å². The van der Waals surface area contributed by atoms with E-state index in [2.05, 4.69) is 15.5 Å². The topological polar surface area (TPSA) is 42.7 Å². The number of nitrogens with one attached hydrogen (secondary N) is 1. The highest BCUT2D eigenvalue weighted by Gasteiger charge is 2.37. The van der Waals surface area contributed by atoms with Crippen LogP contribution in [0.4, 0.5) is 8.78 Å². The molecule has 2 aromatic rings. The van der Waals surface area contributed by atoms with Gasteiger partial charge in [-0.15, -0.1) is 10.2 Å². The molecule has 1 saturated carbocycles. The lowest BCUT2D eigenvalue weighted by atomic mass is 10.1. The SMILES string of the molecule is Fc1cccc(F)c1Cc1nnc2n1CCNC2C1CC1. The first kappa shape index (κ1) is 12.9. The quantitative estimate of drug-likeness (QED) is 0.942. The number of fused-ring (bicyclic) bond motifs is 1. The predicted octanol–water partition coefficient (Wildman–Crippen LogP) is 2.20. The van der Waals surface area contributed by atoms with Gasteiger partial charge in [-0.2, -0.15) is 0 Å². The highest BCUT2D eigenvalue weighted by atomic mass is 19.1. The zero-order valence-electron chi connectivity index (χ0n) is 11.5. The van der Waals surface area contributed by atoms with Gasteiger partial charge in [-0.1, -0.05) is 6.07 Å². The van der Waals surface area contributed by atoms with Crippen molar-refractivity contribution >= 4 is 0 Å². The summed E-state index contributed by atoms with van der Waals surface area (Å²) < 4.78 is 29.6. The van der Waals surface area contributed by atoms with Crippen LogP contribution in [0.1, 0.15) is 36.1 Å². The third-order valence-corrected chi connectivity index (χ3v) is 4.32. The minimum Gasteiger partial charge on any atom is -0.312 e. The van der Waals surface area contributed by atoms with Gasteiger partial charge < -0.3 is 9.88 Å². The molecule has 0 bridgehead atoms. The van der Waals surface area contributed by atoms with Crippen LogP contribution in [0.5, 0.6) is 0 Å². The number of halogens is 2. The standard InChI is InChI=1S/C15H16F2N4/c16-11-2-1-3-12(17)10(11)8-13-19-20-15-14(9-4-5-9)18-6-7-21(13)15/h1-3,9,14,18H,4-8H2. The molecule has 0 radical (unpaired) electrons. The van der Waals surface area contributed by atoms with Gasteiger partial charge >= 0.3 is 0 Å². The van der Waals surface area contributed by atoms with Gasteiger partial charge in [0.05, 0.1) is 6.04 Å². The highest BCUT2D eigenvalue weighted by molar-refractivity contribution is 5.24. The molecule has 1 atom stereocenters. The maximum absolute atomic E-state index is 13.8. The molecular weight excluding hydrogens is 274 g/mol. The Bertz CT molecular complexity index is 658. The molecule has 1 aliphatic heterocycles. The van der Waals surface area contributed by atoms with E-state index < -0.39 is 11.6 Å². The van der Waals surface area contributed by atoms with Crippen molar-refractivity contribution in [2.24, 2.45) is 5.92 Å². The fourth-order valence-electron chi connectivity index (χ4n) is 3.04. The summed E-state index contributed by atoms with van der Waals surface area (Å²) in [5.41, 5.74) is 0.0641.